The Morgan fingerprint density at radius 3 is 2.73 bits per heavy atom. The lowest BCUT2D eigenvalue weighted by atomic mass is 10.1. The molecule has 1 aromatic heterocycles. The van der Waals surface area contributed by atoms with E-state index in [1.54, 1.807) is 12.1 Å². The molecule has 0 fully saturated rings. The van der Waals surface area contributed by atoms with Crippen molar-refractivity contribution in [1.29, 1.82) is 0 Å². The summed E-state index contributed by atoms with van der Waals surface area (Å²) in [6.07, 6.45) is 2.03. The number of nitrogens with zero attached hydrogens (tertiary/aromatic N) is 1. The molecule has 2 N–H and O–H groups in total. The summed E-state index contributed by atoms with van der Waals surface area (Å²) in [4.78, 5) is 12.2. The second kappa shape index (κ2) is 8.11. The summed E-state index contributed by atoms with van der Waals surface area (Å²) in [6.45, 7) is 5.24. The van der Waals surface area contributed by atoms with Crippen molar-refractivity contribution in [1.82, 2.24) is 9.88 Å². The van der Waals surface area contributed by atoms with Gasteiger partial charge in [-0.05, 0) is 49.2 Å². The lowest BCUT2D eigenvalue weighted by Gasteiger charge is -2.13. The predicted molar refractivity (Wildman–Crippen MR) is 107 cm³/mol. The molecule has 0 saturated carbocycles. The largest absolute Gasteiger partial charge is 0.345 e. The Kier molecular flexibility index (Phi) is 5.64. The maximum Gasteiger partial charge on any atom is 0.319 e. The van der Waals surface area contributed by atoms with Crippen molar-refractivity contribution in [2.45, 2.75) is 26.9 Å². The fraction of sp³-hybridized carbons (Fsp3) is 0.190. The van der Waals surface area contributed by atoms with Gasteiger partial charge in [0.2, 0.25) is 0 Å². The van der Waals surface area contributed by atoms with E-state index < -0.39 is 0 Å². The summed E-state index contributed by atoms with van der Waals surface area (Å²) < 4.78 is 2.14. The number of hydrogen-bond donors (Lipinski definition) is 2. The monoisotopic (exact) mass is 367 g/mol. The van der Waals surface area contributed by atoms with Crippen LogP contribution in [0.1, 0.15) is 22.4 Å². The quantitative estimate of drug-likeness (QED) is 0.645. The molecule has 0 aliphatic carbocycles. The standard InChI is InChI=1S/C21H22ClN3O/c1-15-5-3-6-17(11-15)14-25-10-4-7-19(25)13-23-21(26)24-20-12-18(22)9-8-16(20)2/h3-12H,13-14H2,1-2H3,(H2,23,24,26). The second-order valence-electron chi connectivity index (χ2n) is 6.38. The average Bonchev–Trinajstić information content (AvgIpc) is 3.03. The maximum absolute atomic E-state index is 12.2. The Bertz CT molecular complexity index is 917. The van der Waals surface area contributed by atoms with Gasteiger partial charge in [-0.2, -0.15) is 0 Å². The summed E-state index contributed by atoms with van der Waals surface area (Å²) in [5.41, 5.74) is 5.20. The molecule has 0 saturated heterocycles. The molecule has 5 heteroatoms. The highest BCUT2D eigenvalue weighted by Crippen LogP contribution is 2.20. The van der Waals surface area contributed by atoms with E-state index in [9.17, 15) is 4.79 Å². The van der Waals surface area contributed by atoms with Crippen molar-refractivity contribution < 1.29 is 4.79 Å². The highest BCUT2D eigenvalue weighted by atomic mass is 35.5. The van der Waals surface area contributed by atoms with Crippen LogP contribution in [-0.4, -0.2) is 10.6 Å². The number of halogens is 1. The molecule has 0 spiro atoms. The first kappa shape index (κ1) is 18.1. The van der Waals surface area contributed by atoms with Crippen LogP contribution in [0, 0.1) is 13.8 Å². The summed E-state index contributed by atoms with van der Waals surface area (Å²) in [5, 5.41) is 6.35. The van der Waals surface area contributed by atoms with Crippen molar-refractivity contribution in [3.8, 4) is 0 Å². The number of carbonyl (C=O) groups is 1. The molecule has 134 valence electrons. The average molecular weight is 368 g/mol. The minimum Gasteiger partial charge on any atom is -0.345 e. The molecular formula is C21H22ClN3O. The van der Waals surface area contributed by atoms with Crippen LogP contribution >= 0.6 is 11.6 Å². The Hall–Kier alpha value is -2.72. The van der Waals surface area contributed by atoms with Gasteiger partial charge >= 0.3 is 6.03 Å². The Balaban J connectivity index is 1.61. The van der Waals surface area contributed by atoms with E-state index in [4.69, 9.17) is 11.6 Å². The van der Waals surface area contributed by atoms with Crippen molar-refractivity contribution in [3.05, 3.63) is 88.2 Å². The fourth-order valence-electron chi connectivity index (χ4n) is 2.84. The minimum absolute atomic E-state index is 0.251. The van der Waals surface area contributed by atoms with E-state index in [0.29, 0.717) is 17.3 Å². The zero-order valence-electron chi connectivity index (χ0n) is 14.9. The van der Waals surface area contributed by atoms with Crippen molar-refractivity contribution in [3.63, 3.8) is 0 Å². The van der Waals surface area contributed by atoms with Gasteiger partial charge in [-0.3, -0.25) is 0 Å². The fourth-order valence-corrected chi connectivity index (χ4v) is 3.01. The summed E-state index contributed by atoms with van der Waals surface area (Å²) in [6, 6.07) is 17.6. The summed E-state index contributed by atoms with van der Waals surface area (Å²) >= 11 is 5.99. The number of benzene rings is 2. The number of aromatic nitrogens is 1. The van der Waals surface area contributed by atoms with E-state index in [0.717, 1.165) is 17.8 Å². The Morgan fingerprint density at radius 2 is 1.92 bits per heavy atom. The number of urea groups is 1. The van der Waals surface area contributed by atoms with E-state index in [1.807, 2.05) is 31.3 Å². The van der Waals surface area contributed by atoms with Crippen LogP contribution in [0.3, 0.4) is 0 Å². The van der Waals surface area contributed by atoms with Gasteiger partial charge in [0.1, 0.15) is 0 Å². The molecule has 3 aromatic rings. The van der Waals surface area contributed by atoms with E-state index in [1.165, 1.54) is 11.1 Å². The number of aryl methyl sites for hydroxylation is 2. The van der Waals surface area contributed by atoms with Gasteiger partial charge < -0.3 is 15.2 Å². The number of rotatable bonds is 5. The molecule has 4 nitrogen and oxygen atoms in total. The Labute approximate surface area is 158 Å². The van der Waals surface area contributed by atoms with Crippen molar-refractivity contribution in [2.75, 3.05) is 5.32 Å². The predicted octanol–water partition coefficient (Wildman–Crippen LogP) is 5.13. The van der Waals surface area contributed by atoms with E-state index in [2.05, 4.69) is 46.4 Å². The van der Waals surface area contributed by atoms with Crippen LogP contribution in [0.5, 0.6) is 0 Å². The molecule has 0 bridgehead atoms. The van der Waals surface area contributed by atoms with Crippen molar-refractivity contribution >= 4 is 23.3 Å². The number of carbonyl (C=O) groups excluding carboxylic acids is 1. The van der Waals surface area contributed by atoms with Crippen LogP contribution in [0.2, 0.25) is 5.02 Å². The van der Waals surface area contributed by atoms with Gasteiger partial charge in [-0.15, -0.1) is 0 Å². The van der Waals surface area contributed by atoms with Gasteiger partial charge in [0.15, 0.2) is 0 Å². The first-order chi connectivity index (χ1) is 12.5. The highest BCUT2D eigenvalue weighted by molar-refractivity contribution is 6.31. The van der Waals surface area contributed by atoms with E-state index in [-0.39, 0.29) is 6.03 Å². The van der Waals surface area contributed by atoms with Crippen LogP contribution in [0.25, 0.3) is 0 Å². The second-order valence-corrected chi connectivity index (χ2v) is 6.82. The molecular weight excluding hydrogens is 346 g/mol. The number of hydrogen-bond acceptors (Lipinski definition) is 1. The van der Waals surface area contributed by atoms with Crippen LogP contribution in [0.4, 0.5) is 10.5 Å². The molecule has 0 aliphatic heterocycles. The molecule has 0 atom stereocenters. The number of amides is 2. The first-order valence-electron chi connectivity index (χ1n) is 8.52. The maximum atomic E-state index is 12.2. The van der Waals surface area contributed by atoms with Crippen LogP contribution in [-0.2, 0) is 13.1 Å². The molecule has 2 amide bonds. The molecule has 0 radical (unpaired) electrons. The van der Waals surface area contributed by atoms with E-state index >= 15 is 0 Å². The molecule has 0 unspecified atom stereocenters. The van der Waals surface area contributed by atoms with Gasteiger partial charge in [0.25, 0.3) is 0 Å². The number of nitrogens with one attached hydrogen (secondary N) is 2. The lowest BCUT2D eigenvalue weighted by molar-refractivity contribution is 0.251. The molecule has 2 aromatic carbocycles. The van der Waals surface area contributed by atoms with Gasteiger partial charge in [-0.1, -0.05) is 47.5 Å². The third kappa shape index (κ3) is 4.67. The third-order valence-electron chi connectivity index (χ3n) is 4.24. The van der Waals surface area contributed by atoms with Gasteiger partial charge in [0, 0.05) is 29.1 Å². The molecule has 1 heterocycles. The van der Waals surface area contributed by atoms with Gasteiger partial charge in [-0.25, -0.2) is 4.79 Å². The first-order valence-corrected chi connectivity index (χ1v) is 8.89. The smallest absolute Gasteiger partial charge is 0.319 e. The molecule has 26 heavy (non-hydrogen) atoms. The molecule has 3 rings (SSSR count). The minimum atomic E-state index is -0.251. The van der Waals surface area contributed by atoms with Crippen LogP contribution in [0.15, 0.2) is 60.8 Å². The lowest BCUT2D eigenvalue weighted by Crippen LogP contribution is -2.29. The zero-order valence-corrected chi connectivity index (χ0v) is 15.7. The molecule has 0 aliphatic rings. The normalized spacial score (nSPS) is 10.6. The Morgan fingerprint density at radius 1 is 1.08 bits per heavy atom. The third-order valence-corrected chi connectivity index (χ3v) is 4.47. The van der Waals surface area contributed by atoms with Crippen LogP contribution < -0.4 is 10.6 Å². The zero-order chi connectivity index (χ0) is 18.5. The summed E-state index contributed by atoms with van der Waals surface area (Å²) in [7, 11) is 0. The van der Waals surface area contributed by atoms with Gasteiger partial charge in [0.05, 0.1) is 6.54 Å². The SMILES string of the molecule is Cc1cccc(Cn2cccc2CNC(=O)Nc2cc(Cl)ccc2C)c1. The highest BCUT2D eigenvalue weighted by Gasteiger charge is 2.07. The topological polar surface area (TPSA) is 46.1 Å². The van der Waals surface area contributed by atoms with Crippen molar-refractivity contribution in [2.24, 2.45) is 0 Å². The number of anilines is 1. The summed E-state index contributed by atoms with van der Waals surface area (Å²) in [5.74, 6) is 0.